The summed E-state index contributed by atoms with van der Waals surface area (Å²) in [5.74, 6) is -3.83. The Kier molecular flexibility index (Phi) is 7.95. The summed E-state index contributed by atoms with van der Waals surface area (Å²) in [5.41, 5.74) is 0. The molecule has 4 N–H and O–H groups in total. The normalized spacial score (nSPS) is 13.1. The number of carbonyl (C=O) groups is 4. The number of nitrogens with one attached hydrogen (secondary N) is 2. The van der Waals surface area contributed by atoms with E-state index in [1.807, 2.05) is 6.92 Å². The molecule has 8 nitrogen and oxygen atoms in total. The summed E-state index contributed by atoms with van der Waals surface area (Å²) >= 11 is 0. The van der Waals surface area contributed by atoms with Crippen molar-refractivity contribution >= 4 is 23.8 Å². The molecule has 8 heteroatoms. The largest absolute Gasteiger partial charge is 0.481 e. The van der Waals surface area contributed by atoms with Crippen LogP contribution in [0, 0.1) is 0 Å². The molecule has 0 radical (unpaired) electrons. The molecular formula is C12H20N2O6. The quantitative estimate of drug-likeness (QED) is 0.461. The van der Waals surface area contributed by atoms with E-state index < -0.39 is 42.3 Å². The summed E-state index contributed by atoms with van der Waals surface area (Å²) < 4.78 is 0. The average Bonchev–Trinajstić information content (AvgIpc) is 2.31. The molecule has 0 aromatic heterocycles. The summed E-state index contributed by atoms with van der Waals surface area (Å²) in [6, 6.07) is -2.37. The minimum atomic E-state index is -1.28. The van der Waals surface area contributed by atoms with Gasteiger partial charge in [-0.2, -0.15) is 0 Å². The predicted molar refractivity (Wildman–Crippen MR) is 68.9 cm³/mol. The number of carboxylic acids is 2. The van der Waals surface area contributed by atoms with E-state index in [4.69, 9.17) is 10.2 Å². The molecule has 0 saturated heterocycles. The third kappa shape index (κ3) is 7.34. The van der Waals surface area contributed by atoms with Crippen molar-refractivity contribution in [1.82, 2.24) is 10.6 Å². The van der Waals surface area contributed by atoms with Gasteiger partial charge < -0.3 is 20.8 Å². The van der Waals surface area contributed by atoms with E-state index in [1.165, 1.54) is 0 Å². The van der Waals surface area contributed by atoms with Crippen LogP contribution in [-0.2, 0) is 19.2 Å². The van der Waals surface area contributed by atoms with Crippen molar-refractivity contribution in [3.8, 4) is 0 Å². The molecule has 2 atom stereocenters. The second-order valence-electron chi connectivity index (χ2n) is 4.39. The van der Waals surface area contributed by atoms with Crippen molar-refractivity contribution in [2.75, 3.05) is 0 Å². The Hall–Kier alpha value is -2.12. The molecule has 114 valence electrons. The third-order valence-corrected chi connectivity index (χ3v) is 2.53. The van der Waals surface area contributed by atoms with Crippen molar-refractivity contribution < 1.29 is 29.4 Å². The van der Waals surface area contributed by atoms with Crippen LogP contribution in [0.3, 0.4) is 0 Å². The van der Waals surface area contributed by atoms with Crippen molar-refractivity contribution in [2.24, 2.45) is 0 Å². The van der Waals surface area contributed by atoms with Gasteiger partial charge in [0.1, 0.15) is 12.1 Å². The van der Waals surface area contributed by atoms with Gasteiger partial charge in [-0.3, -0.25) is 14.4 Å². The van der Waals surface area contributed by atoms with Gasteiger partial charge in [0.15, 0.2) is 0 Å². The van der Waals surface area contributed by atoms with E-state index in [9.17, 15) is 19.2 Å². The first-order valence-corrected chi connectivity index (χ1v) is 6.30. The SMILES string of the molecule is CCCC[C@H](NC(=O)[C@H](CC(=O)O)NC(C)=O)C(=O)O. The van der Waals surface area contributed by atoms with Crippen LogP contribution in [-0.4, -0.2) is 46.0 Å². The number of amides is 2. The van der Waals surface area contributed by atoms with Crippen LogP contribution in [0.15, 0.2) is 0 Å². The van der Waals surface area contributed by atoms with Gasteiger partial charge >= 0.3 is 11.9 Å². The Morgan fingerprint density at radius 1 is 1.05 bits per heavy atom. The lowest BCUT2D eigenvalue weighted by Crippen LogP contribution is -2.51. The summed E-state index contributed by atoms with van der Waals surface area (Å²) in [5, 5.41) is 22.1. The van der Waals surface area contributed by atoms with Gasteiger partial charge in [-0.25, -0.2) is 4.79 Å². The highest BCUT2D eigenvalue weighted by Gasteiger charge is 2.27. The molecule has 0 rings (SSSR count). The van der Waals surface area contributed by atoms with Gasteiger partial charge in [0.2, 0.25) is 11.8 Å². The monoisotopic (exact) mass is 288 g/mol. The van der Waals surface area contributed by atoms with Crippen LogP contribution in [0.5, 0.6) is 0 Å². The Balaban J connectivity index is 4.72. The zero-order valence-electron chi connectivity index (χ0n) is 11.5. The highest BCUT2D eigenvalue weighted by molar-refractivity contribution is 5.92. The lowest BCUT2D eigenvalue weighted by molar-refractivity contribution is -0.143. The smallest absolute Gasteiger partial charge is 0.326 e. The number of carbonyl (C=O) groups excluding carboxylic acids is 2. The third-order valence-electron chi connectivity index (χ3n) is 2.53. The Labute approximate surface area is 116 Å². The molecule has 20 heavy (non-hydrogen) atoms. The van der Waals surface area contributed by atoms with Crippen LogP contribution in [0.25, 0.3) is 0 Å². The lowest BCUT2D eigenvalue weighted by Gasteiger charge is -2.19. The maximum absolute atomic E-state index is 11.8. The molecule has 0 aromatic rings. The van der Waals surface area contributed by atoms with Gasteiger partial charge in [0, 0.05) is 6.92 Å². The van der Waals surface area contributed by atoms with Crippen LogP contribution >= 0.6 is 0 Å². The molecule has 0 saturated carbocycles. The van der Waals surface area contributed by atoms with E-state index in [0.717, 1.165) is 13.3 Å². The van der Waals surface area contributed by atoms with Gasteiger partial charge in [0.05, 0.1) is 6.42 Å². The fourth-order valence-corrected chi connectivity index (χ4v) is 1.57. The van der Waals surface area contributed by atoms with Crippen LogP contribution in [0.1, 0.15) is 39.5 Å². The topological polar surface area (TPSA) is 133 Å². The highest BCUT2D eigenvalue weighted by atomic mass is 16.4. The van der Waals surface area contributed by atoms with E-state index in [0.29, 0.717) is 6.42 Å². The van der Waals surface area contributed by atoms with Gasteiger partial charge in [-0.15, -0.1) is 0 Å². The first kappa shape index (κ1) is 17.9. The summed E-state index contributed by atoms with van der Waals surface area (Å²) in [6.07, 6.45) is 1.02. The van der Waals surface area contributed by atoms with Gasteiger partial charge in [-0.1, -0.05) is 19.8 Å². The summed E-state index contributed by atoms with van der Waals surface area (Å²) in [6.45, 7) is 3.03. The molecule has 0 aliphatic heterocycles. The fraction of sp³-hybridized carbons (Fsp3) is 0.667. The second kappa shape index (κ2) is 8.89. The number of hydrogen-bond donors (Lipinski definition) is 4. The van der Waals surface area contributed by atoms with E-state index in [-0.39, 0.29) is 6.42 Å². The van der Waals surface area contributed by atoms with E-state index >= 15 is 0 Å². The molecular weight excluding hydrogens is 268 g/mol. The van der Waals surface area contributed by atoms with Crippen molar-refractivity contribution in [3.63, 3.8) is 0 Å². The van der Waals surface area contributed by atoms with Crippen molar-refractivity contribution in [3.05, 3.63) is 0 Å². The van der Waals surface area contributed by atoms with E-state index in [2.05, 4.69) is 10.6 Å². The maximum Gasteiger partial charge on any atom is 0.326 e. The van der Waals surface area contributed by atoms with Gasteiger partial charge in [-0.05, 0) is 6.42 Å². The van der Waals surface area contributed by atoms with Crippen molar-refractivity contribution in [2.45, 2.75) is 51.6 Å². The van der Waals surface area contributed by atoms with Gasteiger partial charge in [0.25, 0.3) is 0 Å². The Morgan fingerprint density at radius 2 is 1.65 bits per heavy atom. The maximum atomic E-state index is 11.8. The predicted octanol–water partition coefficient (Wildman–Crippen LogP) is -0.275. The molecule has 2 amide bonds. The molecule has 0 spiro atoms. The standard InChI is InChI=1S/C12H20N2O6/c1-3-4-5-8(12(19)20)14-11(18)9(6-10(16)17)13-7(2)15/h8-9H,3-6H2,1-2H3,(H,13,15)(H,14,18)(H,16,17)(H,19,20)/t8-,9-/m0/s1. The second-order valence-corrected chi connectivity index (χ2v) is 4.39. The number of hydrogen-bond acceptors (Lipinski definition) is 4. The van der Waals surface area contributed by atoms with E-state index in [1.54, 1.807) is 0 Å². The Bertz CT molecular complexity index is 366. The number of unbranched alkanes of at least 4 members (excludes halogenated alkanes) is 1. The number of carboxylic acid groups (broad SMARTS) is 2. The fourth-order valence-electron chi connectivity index (χ4n) is 1.57. The molecule has 0 aliphatic carbocycles. The number of aliphatic carboxylic acids is 2. The minimum absolute atomic E-state index is 0.247. The first-order chi connectivity index (χ1) is 9.27. The highest BCUT2D eigenvalue weighted by Crippen LogP contribution is 2.02. The van der Waals surface area contributed by atoms with Crippen LogP contribution in [0.2, 0.25) is 0 Å². The zero-order chi connectivity index (χ0) is 15.7. The molecule has 0 heterocycles. The zero-order valence-corrected chi connectivity index (χ0v) is 11.5. The van der Waals surface area contributed by atoms with Crippen LogP contribution < -0.4 is 10.6 Å². The molecule has 0 fully saturated rings. The molecule has 0 bridgehead atoms. The lowest BCUT2D eigenvalue weighted by atomic mass is 10.1. The van der Waals surface area contributed by atoms with Crippen LogP contribution in [0.4, 0.5) is 0 Å². The minimum Gasteiger partial charge on any atom is -0.481 e. The summed E-state index contributed by atoms with van der Waals surface area (Å²) in [7, 11) is 0. The first-order valence-electron chi connectivity index (χ1n) is 6.30. The summed E-state index contributed by atoms with van der Waals surface area (Å²) in [4.78, 5) is 44.4. The number of rotatable bonds is 9. The molecule has 0 aromatic carbocycles. The van der Waals surface area contributed by atoms with Crippen molar-refractivity contribution in [1.29, 1.82) is 0 Å². The molecule has 0 unspecified atom stereocenters. The average molecular weight is 288 g/mol. The molecule has 0 aliphatic rings. The Morgan fingerprint density at radius 3 is 2.05 bits per heavy atom.